The molecule has 1 heterocycles. The molecule has 28 heavy (non-hydrogen) atoms. The molecule has 2 aromatic carbocycles. The van der Waals surface area contributed by atoms with Crippen molar-refractivity contribution in [2.45, 2.75) is 19.6 Å². The van der Waals surface area contributed by atoms with Crippen LogP contribution in [0.1, 0.15) is 23.5 Å². The Morgan fingerprint density at radius 1 is 1.14 bits per heavy atom. The van der Waals surface area contributed by atoms with Crippen LogP contribution >= 0.6 is 35.3 Å². The summed E-state index contributed by atoms with van der Waals surface area (Å²) in [6.07, 6.45) is -0.586. The lowest BCUT2D eigenvalue weighted by Crippen LogP contribution is -2.39. The standard InChI is InChI=1S/C21H25N3O2S.HI/c1-3-22-21(23-13-16-9-4-6-10-18(16)26-2)24-14-17(25)20-12-15-8-5-7-11-19(15)27-20;/h4-12,17,25H,3,13-14H2,1-2H3,(H2,22,23,24);1H. The molecule has 0 aliphatic heterocycles. The number of benzene rings is 2. The molecule has 1 atom stereocenters. The quantitative estimate of drug-likeness (QED) is 0.251. The number of guanidine groups is 1. The number of aliphatic hydroxyl groups is 1. The van der Waals surface area contributed by atoms with Crippen molar-refractivity contribution >= 4 is 51.4 Å². The highest BCUT2D eigenvalue weighted by molar-refractivity contribution is 14.0. The number of aliphatic hydroxyl groups excluding tert-OH is 1. The monoisotopic (exact) mass is 511 g/mol. The summed E-state index contributed by atoms with van der Waals surface area (Å²) < 4.78 is 6.56. The Morgan fingerprint density at radius 2 is 1.89 bits per heavy atom. The van der Waals surface area contributed by atoms with E-state index in [1.54, 1.807) is 18.4 Å². The van der Waals surface area contributed by atoms with Gasteiger partial charge in [-0.05, 0) is 30.5 Å². The third kappa shape index (κ3) is 5.83. The first-order valence-corrected chi connectivity index (χ1v) is 9.83. The summed E-state index contributed by atoms with van der Waals surface area (Å²) in [5.74, 6) is 1.49. The first kappa shape index (κ1) is 22.4. The van der Waals surface area contributed by atoms with E-state index < -0.39 is 6.10 Å². The molecule has 0 bridgehead atoms. The number of halogens is 1. The van der Waals surface area contributed by atoms with Crippen LogP contribution in [0.5, 0.6) is 5.75 Å². The summed E-state index contributed by atoms with van der Waals surface area (Å²) in [4.78, 5) is 5.56. The van der Waals surface area contributed by atoms with Gasteiger partial charge in [0.2, 0.25) is 0 Å². The number of nitrogens with zero attached hydrogens (tertiary/aromatic N) is 1. The number of nitrogens with one attached hydrogen (secondary N) is 2. The number of methoxy groups -OCH3 is 1. The van der Waals surface area contributed by atoms with Gasteiger partial charge in [-0.1, -0.05) is 36.4 Å². The number of hydrogen-bond donors (Lipinski definition) is 3. The molecule has 0 spiro atoms. The van der Waals surface area contributed by atoms with Crippen molar-refractivity contribution in [2.75, 3.05) is 20.2 Å². The molecule has 0 saturated carbocycles. The van der Waals surface area contributed by atoms with Crippen LogP contribution in [0.3, 0.4) is 0 Å². The Hall–Kier alpha value is -1.84. The first-order valence-electron chi connectivity index (χ1n) is 9.02. The zero-order valence-electron chi connectivity index (χ0n) is 16.0. The van der Waals surface area contributed by atoms with Crippen molar-refractivity contribution in [1.82, 2.24) is 10.6 Å². The fraction of sp³-hybridized carbons (Fsp3) is 0.286. The maximum atomic E-state index is 10.6. The van der Waals surface area contributed by atoms with Gasteiger partial charge in [0, 0.05) is 28.2 Å². The van der Waals surface area contributed by atoms with Crippen LogP contribution in [0, 0.1) is 0 Å². The van der Waals surface area contributed by atoms with E-state index in [0.29, 0.717) is 19.0 Å². The van der Waals surface area contributed by atoms with Gasteiger partial charge >= 0.3 is 0 Å². The molecule has 0 aliphatic rings. The summed E-state index contributed by atoms with van der Waals surface area (Å²) in [5.41, 5.74) is 1.02. The summed E-state index contributed by atoms with van der Waals surface area (Å²) in [5, 5.41) is 18.2. The summed E-state index contributed by atoms with van der Waals surface area (Å²) in [6.45, 7) is 3.66. The minimum atomic E-state index is -0.586. The summed E-state index contributed by atoms with van der Waals surface area (Å²) in [6, 6.07) is 18.0. The number of hydrogen-bond acceptors (Lipinski definition) is 4. The predicted molar refractivity (Wildman–Crippen MR) is 128 cm³/mol. The molecular formula is C21H26IN3O2S. The lowest BCUT2D eigenvalue weighted by Gasteiger charge is -2.14. The fourth-order valence-corrected chi connectivity index (χ4v) is 3.85. The Kier molecular flexibility index (Phi) is 9.01. The van der Waals surface area contributed by atoms with Crippen LogP contribution in [-0.4, -0.2) is 31.3 Å². The molecule has 1 unspecified atom stereocenters. The molecule has 0 saturated heterocycles. The maximum Gasteiger partial charge on any atom is 0.191 e. The van der Waals surface area contributed by atoms with E-state index in [0.717, 1.165) is 28.1 Å². The van der Waals surface area contributed by atoms with Crippen molar-refractivity contribution in [3.8, 4) is 5.75 Å². The highest BCUT2D eigenvalue weighted by Gasteiger charge is 2.12. The predicted octanol–water partition coefficient (Wildman–Crippen LogP) is 4.32. The SMILES string of the molecule is CCNC(=NCc1ccccc1OC)NCC(O)c1cc2ccccc2s1.I. The fourth-order valence-electron chi connectivity index (χ4n) is 2.80. The molecule has 1 aromatic heterocycles. The maximum absolute atomic E-state index is 10.6. The molecule has 3 N–H and O–H groups in total. The van der Waals surface area contributed by atoms with E-state index in [4.69, 9.17) is 4.74 Å². The van der Waals surface area contributed by atoms with Crippen LogP contribution < -0.4 is 15.4 Å². The number of rotatable bonds is 7. The van der Waals surface area contributed by atoms with Gasteiger partial charge in [0.25, 0.3) is 0 Å². The molecule has 0 radical (unpaired) electrons. The third-order valence-electron chi connectivity index (χ3n) is 4.18. The Labute approximate surface area is 186 Å². The second-order valence-electron chi connectivity index (χ2n) is 6.09. The van der Waals surface area contributed by atoms with Crippen LogP contribution in [0.2, 0.25) is 0 Å². The highest BCUT2D eigenvalue weighted by Crippen LogP contribution is 2.29. The van der Waals surface area contributed by atoms with Crippen LogP contribution in [-0.2, 0) is 6.54 Å². The Balaban J connectivity index is 0.00000280. The van der Waals surface area contributed by atoms with Crippen LogP contribution in [0.25, 0.3) is 10.1 Å². The van der Waals surface area contributed by atoms with E-state index in [2.05, 4.69) is 27.8 Å². The number of aliphatic imine (C=N–C) groups is 1. The number of fused-ring (bicyclic) bond motifs is 1. The number of para-hydroxylation sites is 1. The van der Waals surface area contributed by atoms with Crippen LogP contribution in [0.15, 0.2) is 59.6 Å². The molecule has 7 heteroatoms. The van der Waals surface area contributed by atoms with E-state index in [-0.39, 0.29) is 24.0 Å². The second kappa shape index (κ2) is 11.2. The van der Waals surface area contributed by atoms with Gasteiger partial charge in [-0.15, -0.1) is 35.3 Å². The zero-order valence-corrected chi connectivity index (χ0v) is 19.2. The van der Waals surface area contributed by atoms with E-state index in [1.165, 1.54) is 4.70 Å². The van der Waals surface area contributed by atoms with Crippen molar-refractivity contribution in [3.63, 3.8) is 0 Å². The van der Waals surface area contributed by atoms with E-state index in [9.17, 15) is 5.11 Å². The van der Waals surface area contributed by atoms with E-state index >= 15 is 0 Å². The minimum absolute atomic E-state index is 0. The number of thiophene rings is 1. The smallest absolute Gasteiger partial charge is 0.191 e. The molecule has 5 nitrogen and oxygen atoms in total. The van der Waals surface area contributed by atoms with Crippen molar-refractivity contribution in [2.24, 2.45) is 4.99 Å². The zero-order chi connectivity index (χ0) is 19.1. The van der Waals surface area contributed by atoms with Crippen molar-refractivity contribution in [3.05, 3.63) is 65.0 Å². The van der Waals surface area contributed by atoms with Gasteiger partial charge in [0.1, 0.15) is 11.9 Å². The second-order valence-corrected chi connectivity index (χ2v) is 7.21. The minimum Gasteiger partial charge on any atom is -0.496 e. The Bertz CT molecular complexity index is 880. The lowest BCUT2D eigenvalue weighted by molar-refractivity contribution is 0.184. The third-order valence-corrected chi connectivity index (χ3v) is 5.40. The van der Waals surface area contributed by atoms with Crippen LogP contribution in [0.4, 0.5) is 0 Å². The largest absolute Gasteiger partial charge is 0.496 e. The lowest BCUT2D eigenvalue weighted by atomic mass is 10.2. The molecule has 0 amide bonds. The molecule has 0 aliphatic carbocycles. The molecule has 3 rings (SSSR count). The molecule has 150 valence electrons. The summed E-state index contributed by atoms with van der Waals surface area (Å²) in [7, 11) is 1.66. The van der Waals surface area contributed by atoms with Gasteiger partial charge in [-0.3, -0.25) is 0 Å². The van der Waals surface area contributed by atoms with Crippen molar-refractivity contribution < 1.29 is 9.84 Å². The van der Waals surface area contributed by atoms with E-state index in [1.807, 2.05) is 49.4 Å². The normalized spacial score (nSPS) is 12.3. The number of ether oxygens (including phenoxy) is 1. The van der Waals surface area contributed by atoms with Gasteiger partial charge < -0.3 is 20.5 Å². The molecule has 0 fully saturated rings. The highest BCUT2D eigenvalue weighted by atomic mass is 127. The topological polar surface area (TPSA) is 65.9 Å². The van der Waals surface area contributed by atoms with Gasteiger partial charge in [-0.25, -0.2) is 4.99 Å². The summed E-state index contributed by atoms with van der Waals surface area (Å²) >= 11 is 1.62. The molecule has 3 aromatic rings. The first-order chi connectivity index (χ1) is 13.2. The average molecular weight is 511 g/mol. The van der Waals surface area contributed by atoms with Gasteiger partial charge in [0.05, 0.1) is 13.7 Å². The Morgan fingerprint density at radius 3 is 2.64 bits per heavy atom. The van der Waals surface area contributed by atoms with Gasteiger partial charge in [-0.2, -0.15) is 0 Å². The van der Waals surface area contributed by atoms with Gasteiger partial charge in [0.15, 0.2) is 5.96 Å². The average Bonchev–Trinajstić information content (AvgIpc) is 3.14. The van der Waals surface area contributed by atoms with Crippen molar-refractivity contribution in [1.29, 1.82) is 0 Å². The molecular weight excluding hydrogens is 485 g/mol.